The van der Waals surface area contributed by atoms with E-state index in [1.807, 2.05) is 38.1 Å². The first-order chi connectivity index (χ1) is 7.61. The highest BCUT2D eigenvalue weighted by Gasteiger charge is 2.07. The van der Waals surface area contributed by atoms with Crippen LogP contribution in [0.3, 0.4) is 0 Å². The van der Waals surface area contributed by atoms with Crippen LogP contribution in [-0.4, -0.2) is 18.5 Å². The van der Waals surface area contributed by atoms with E-state index in [-0.39, 0.29) is 11.9 Å². The molecule has 0 aliphatic carbocycles. The third kappa shape index (κ3) is 4.34. The molecule has 1 rings (SSSR count). The molecule has 88 valence electrons. The van der Waals surface area contributed by atoms with E-state index in [2.05, 4.69) is 0 Å². The second kappa shape index (κ2) is 6.16. The number of carbonyl (C=O) groups is 1. The van der Waals surface area contributed by atoms with Crippen molar-refractivity contribution < 1.29 is 14.3 Å². The van der Waals surface area contributed by atoms with Crippen molar-refractivity contribution in [3.05, 3.63) is 24.3 Å². The predicted octanol–water partition coefficient (Wildman–Crippen LogP) is 2.83. The minimum atomic E-state index is -0.102. The Morgan fingerprint density at radius 3 is 2.69 bits per heavy atom. The summed E-state index contributed by atoms with van der Waals surface area (Å²) in [7, 11) is 0. The molecule has 0 aliphatic heterocycles. The molecule has 0 spiro atoms. The van der Waals surface area contributed by atoms with Crippen LogP contribution in [0.4, 0.5) is 0 Å². The zero-order valence-corrected chi connectivity index (χ0v) is 10.0. The Balaban J connectivity index is 2.59. The van der Waals surface area contributed by atoms with Crippen LogP contribution < -0.4 is 9.47 Å². The van der Waals surface area contributed by atoms with Gasteiger partial charge < -0.3 is 9.47 Å². The lowest BCUT2D eigenvalue weighted by atomic mass is 10.2. The summed E-state index contributed by atoms with van der Waals surface area (Å²) in [6.45, 7) is 6.02. The smallest absolute Gasteiger partial charge is 0.133 e. The van der Waals surface area contributed by atoms with Gasteiger partial charge in [0, 0.05) is 12.5 Å². The quantitative estimate of drug-likeness (QED) is 0.742. The number of Topliss-reactive ketones (excluding diaryl/α,β-unsaturated/α-hetero) is 1. The molecule has 16 heavy (non-hydrogen) atoms. The molecule has 0 aliphatic rings. The number of rotatable bonds is 6. The molecule has 0 saturated heterocycles. The fraction of sp³-hybridized carbons (Fsp3) is 0.462. The van der Waals surface area contributed by atoms with E-state index in [1.165, 1.54) is 0 Å². The van der Waals surface area contributed by atoms with Crippen molar-refractivity contribution in [3.63, 3.8) is 0 Å². The molecule has 0 fully saturated rings. The fourth-order valence-corrected chi connectivity index (χ4v) is 1.48. The Bertz CT molecular complexity index is 347. The molecule has 1 aromatic carbocycles. The van der Waals surface area contributed by atoms with E-state index in [1.54, 1.807) is 6.92 Å². The molecular weight excluding hydrogens is 204 g/mol. The van der Waals surface area contributed by atoms with E-state index in [0.717, 1.165) is 11.5 Å². The highest BCUT2D eigenvalue weighted by Crippen LogP contribution is 2.20. The second-order valence-corrected chi connectivity index (χ2v) is 3.74. The van der Waals surface area contributed by atoms with Gasteiger partial charge >= 0.3 is 0 Å². The lowest BCUT2D eigenvalue weighted by Crippen LogP contribution is -2.15. The van der Waals surface area contributed by atoms with Gasteiger partial charge in [0.25, 0.3) is 0 Å². The summed E-state index contributed by atoms with van der Waals surface area (Å²) in [4.78, 5) is 10.9. The first-order valence-electron chi connectivity index (χ1n) is 5.50. The Morgan fingerprint density at radius 2 is 2.06 bits per heavy atom. The van der Waals surface area contributed by atoms with Crippen molar-refractivity contribution in [2.45, 2.75) is 33.3 Å². The molecule has 1 atom stereocenters. The van der Waals surface area contributed by atoms with Crippen LogP contribution in [0.1, 0.15) is 27.2 Å². The van der Waals surface area contributed by atoms with E-state index >= 15 is 0 Å². The highest BCUT2D eigenvalue weighted by atomic mass is 16.5. The zero-order chi connectivity index (χ0) is 12.0. The van der Waals surface area contributed by atoms with Crippen molar-refractivity contribution in [1.82, 2.24) is 0 Å². The van der Waals surface area contributed by atoms with Gasteiger partial charge in [-0.2, -0.15) is 0 Å². The third-order valence-electron chi connectivity index (χ3n) is 2.03. The number of hydrogen-bond acceptors (Lipinski definition) is 3. The van der Waals surface area contributed by atoms with Crippen LogP contribution >= 0.6 is 0 Å². The van der Waals surface area contributed by atoms with Crippen LogP contribution in [0, 0.1) is 0 Å². The van der Waals surface area contributed by atoms with Gasteiger partial charge in [0.1, 0.15) is 23.4 Å². The number of carbonyl (C=O) groups excluding carboxylic acids is 1. The molecule has 0 saturated carbocycles. The van der Waals surface area contributed by atoms with E-state index in [4.69, 9.17) is 9.47 Å². The standard InChI is InChI=1S/C13H18O3/c1-4-15-12-6-5-7-13(9-12)16-11(3)8-10(2)14/h5-7,9,11H,4,8H2,1-3H3. The number of ketones is 1. The van der Waals surface area contributed by atoms with Crippen molar-refractivity contribution in [2.24, 2.45) is 0 Å². The van der Waals surface area contributed by atoms with Crippen LogP contribution in [0.2, 0.25) is 0 Å². The summed E-state index contributed by atoms with van der Waals surface area (Å²) >= 11 is 0. The van der Waals surface area contributed by atoms with Crippen LogP contribution in [-0.2, 0) is 4.79 Å². The normalized spacial score (nSPS) is 11.9. The van der Waals surface area contributed by atoms with Crippen LogP contribution in [0.25, 0.3) is 0 Å². The van der Waals surface area contributed by atoms with Crippen molar-refractivity contribution >= 4 is 5.78 Å². The summed E-state index contributed by atoms with van der Waals surface area (Å²) in [5.41, 5.74) is 0. The average Bonchev–Trinajstić information content (AvgIpc) is 2.17. The molecule has 0 amide bonds. The van der Waals surface area contributed by atoms with Gasteiger partial charge in [-0.05, 0) is 32.9 Å². The first-order valence-corrected chi connectivity index (χ1v) is 5.50. The minimum Gasteiger partial charge on any atom is -0.494 e. The van der Waals surface area contributed by atoms with Crippen molar-refractivity contribution in [2.75, 3.05) is 6.61 Å². The van der Waals surface area contributed by atoms with E-state index < -0.39 is 0 Å². The largest absolute Gasteiger partial charge is 0.494 e. The second-order valence-electron chi connectivity index (χ2n) is 3.74. The summed E-state index contributed by atoms with van der Waals surface area (Å²) in [6.07, 6.45) is 0.327. The number of benzene rings is 1. The van der Waals surface area contributed by atoms with E-state index in [0.29, 0.717) is 13.0 Å². The first kappa shape index (κ1) is 12.6. The lowest BCUT2D eigenvalue weighted by Gasteiger charge is -2.14. The predicted molar refractivity (Wildman–Crippen MR) is 63.0 cm³/mol. The van der Waals surface area contributed by atoms with Crippen LogP contribution in [0.15, 0.2) is 24.3 Å². The Labute approximate surface area is 96.4 Å². The lowest BCUT2D eigenvalue weighted by molar-refractivity contribution is -0.118. The third-order valence-corrected chi connectivity index (χ3v) is 2.03. The van der Waals surface area contributed by atoms with Gasteiger partial charge in [-0.25, -0.2) is 0 Å². The average molecular weight is 222 g/mol. The van der Waals surface area contributed by atoms with Gasteiger partial charge in [-0.1, -0.05) is 6.07 Å². The van der Waals surface area contributed by atoms with Gasteiger partial charge in [-0.3, -0.25) is 4.79 Å². The monoisotopic (exact) mass is 222 g/mol. The molecule has 3 nitrogen and oxygen atoms in total. The Hall–Kier alpha value is -1.51. The summed E-state index contributed by atoms with van der Waals surface area (Å²) < 4.78 is 11.0. The topological polar surface area (TPSA) is 35.5 Å². The van der Waals surface area contributed by atoms with Gasteiger partial charge in [0.15, 0.2) is 0 Å². The summed E-state index contributed by atoms with van der Waals surface area (Å²) in [6, 6.07) is 7.45. The molecule has 3 heteroatoms. The maximum absolute atomic E-state index is 10.9. The van der Waals surface area contributed by atoms with E-state index in [9.17, 15) is 4.79 Å². The molecule has 0 radical (unpaired) electrons. The summed E-state index contributed by atoms with van der Waals surface area (Å²) in [5.74, 6) is 1.66. The molecule has 0 aromatic heterocycles. The molecular formula is C13H18O3. The number of ether oxygens (including phenoxy) is 2. The maximum Gasteiger partial charge on any atom is 0.133 e. The molecule has 0 bridgehead atoms. The van der Waals surface area contributed by atoms with Gasteiger partial charge in [-0.15, -0.1) is 0 Å². The molecule has 0 heterocycles. The summed E-state index contributed by atoms with van der Waals surface area (Å²) in [5, 5.41) is 0. The van der Waals surface area contributed by atoms with Crippen LogP contribution in [0.5, 0.6) is 11.5 Å². The van der Waals surface area contributed by atoms with Gasteiger partial charge in [0.05, 0.1) is 6.61 Å². The fourth-order valence-electron chi connectivity index (χ4n) is 1.48. The molecule has 1 unspecified atom stereocenters. The Morgan fingerprint density at radius 1 is 1.38 bits per heavy atom. The SMILES string of the molecule is CCOc1cccc(OC(C)CC(C)=O)c1. The highest BCUT2D eigenvalue weighted by molar-refractivity contribution is 5.75. The maximum atomic E-state index is 10.9. The molecule has 0 N–H and O–H groups in total. The van der Waals surface area contributed by atoms with Gasteiger partial charge in [0.2, 0.25) is 0 Å². The zero-order valence-electron chi connectivity index (χ0n) is 10.0. The Kier molecular flexibility index (Phi) is 4.83. The number of hydrogen-bond donors (Lipinski definition) is 0. The van der Waals surface area contributed by atoms with Crippen molar-refractivity contribution in [1.29, 1.82) is 0 Å². The van der Waals surface area contributed by atoms with Crippen molar-refractivity contribution in [3.8, 4) is 11.5 Å². The molecule has 1 aromatic rings. The minimum absolute atomic E-state index is 0.102.